The van der Waals surface area contributed by atoms with Gasteiger partial charge < -0.3 is 5.32 Å². The molecule has 0 aliphatic carbocycles. The van der Waals surface area contributed by atoms with Gasteiger partial charge >= 0.3 is 0 Å². The van der Waals surface area contributed by atoms with Crippen LogP contribution in [0.5, 0.6) is 0 Å². The van der Waals surface area contributed by atoms with Crippen molar-refractivity contribution in [2.45, 2.75) is 19.4 Å². The van der Waals surface area contributed by atoms with Gasteiger partial charge in [-0.1, -0.05) is 18.3 Å². The van der Waals surface area contributed by atoms with Gasteiger partial charge in [0.1, 0.15) is 15.8 Å². The van der Waals surface area contributed by atoms with Crippen molar-refractivity contribution in [3.63, 3.8) is 0 Å². The third-order valence-corrected chi connectivity index (χ3v) is 4.36. The summed E-state index contributed by atoms with van der Waals surface area (Å²) in [7, 11) is 1.91. The first-order chi connectivity index (χ1) is 8.65. The minimum Gasteiger partial charge on any atom is -0.311 e. The van der Waals surface area contributed by atoms with E-state index in [1.165, 1.54) is 17.4 Å². The Morgan fingerprint density at radius 3 is 2.83 bits per heavy atom. The van der Waals surface area contributed by atoms with Crippen LogP contribution in [0.25, 0.3) is 10.6 Å². The van der Waals surface area contributed by atoms with Crippen LogP contribution in [-0.4, -0.2) is 17.2 Å². The predicted octanol–water partition coefficient (Wildman–Crippen LogP) is 3.78. The van der Waals surface area contributed by atoms with E-state index in [1.807, 2.05) is 7.05 Å². The highest BCUT2D eigenvalue weighted by Crippen LogP contribution is 2.30. The Bertz CT molecular complexity index is 540. The van der Waals surface area contributed by atoms with Gasteiger partial charge in [-0.15, -0.1) is 10.2 Å². The zero-order valence-electron chi connectivity index (χ0n) is 10.1. The van der Waals surface area contributed by atoms with Gasteiger partial charge in [-0.3, -0.25) is 0 Å². The average Bonchev–Trinajstić information content (AvgIpc) is 2.84. The van der Waals surface area contributed by atoms with Gasteiger partial charge in [0.25, 0.3) is 0 Å². The molecule has 0 fully saturated rings. The first kappa shape index (κ1) is 13.6. The topological polar surface area (TPSA) is 37.8 Å². The molecule has 96 valence electrons. The van der Waals surface area contributed by atoms with Crippen molar-refractivity contribution in [3.8, 4) is 10.6 Å². The van der Waals surface area contributed by atoms with Crippen molar-refractivity contribution in [2.75, 3.05) is 7.05 Å². The van der Waals surface area contributed by atoms with Gasteiger partial charge in [-0.05, 0) is 47.6 Å². The predicted molar refractivity (Wildman–Crippen MR) is 75.1 cm³/mol. The zero-order valence-corrected chi connectivity index (χ0v) is 12.5. The number of aromatic nitrogens is 2. The molecule has 0 saturated carbocycles. The molecule has 18 heavy (non-hydrogen) atoms. The van der Waals surface area contributed by atoms with E-state index in [2.05, 4.69) is 38.4 Å². The van der Waals surface area contributed by atoms with Crippen molar-refractivity contribution in [3.05, 3.63) is 33.5 Å². The lowest BCUT2D eigenvalue weighted by atomic mass is 10.2. The Kier molecular flexibility index (Phi) is 4.42. The molecule has 1 heterocycles. The Labute approximate surface area is 118 Å². The fourth-order valence-corrected chi connectivity index (χ4v) is 3.04. The number of hydrogen-bond donors (Lipinski definition) is 1. The molecule has 1 unspecified atom stereocenters. The number of nitrogens with zero attached hydrogens (tertiary/aromatic N) is 2. The molecule has 6 heteroatoms. The number of hydrogen-bond acceptors (Lipinski definition) is 4. The molecule has 0 aliphatic heterocycles. The quantitative estimate of drug-likeness (QED) is 0.927. The summed E-state index contributed by atoms with van der Waals surface area (Å²) >= 11 is 4.71. The third-order valence-electron chi connectivity index (χ3n) is 2.66. The molecule has 1 atom stereocenters. The van der Waals surface area contributed by atoms with E-state index >= 15 is 0 Å². The van der Waals surface area contributed by atoms with Gasteiger partial charge in [0.05, 0.1) is 10.5 Å². The summed E-state index contributed by atoms with van der Waals surface area (Å²) < 4.78 is 13.6. The average molecular weight is 330 g/mol. The Balaban J connectivity index is 2.31. The van der Waals surface area contributed by atoms with Crippen LogP contribution in [-0.2, 0) is 0 Å². The van der Waals surface area contributed by atoms with Gasteiger partial charge in [0.2, 0.25) is 0 Å². The van der Waals surface area contributed by atoms with E-state index in [-0.39, 0.29) is 11.9 Å². The molecule has 2 aromatic rings. The third kappa shape index (κ3) is 2.76. The van der Waals surface area contributed by atoms with Crippen molar-refractivity contribution < 1.29 is 4.39 Å². The minimum atomic E-state index is -0.273. The molecule has 0 bridgehead atoms. The van der Waals surface area contributed by atoms with Crippen LogP contribution in [0, 0.1) is 5.82 Å². The van der Waals surface area contributed by atoms with Crippen LogP contribution >= 0.6 is 27.3 Å². The van der Waals surface area contributed by atoms with E-state index in [0.717, 1.165) is 22.0 Å². The van der Waals surface area contributed by atoms with Gasteiger partial charge in [0, 0.05) is 5.56 Å². The van der Waals surface area contributed by atoms with Gasteiger partial charge in [0.15, 0.2) is 0 Å². The second-order valence-electron chi connectivity index (χ2n) is 3.82. The van der Waals surface area contributed by atoms with Crippen molar-refractivity contribution >= 4 is 27.3 Å². The maximum atomic E-state index is 13.2. The van der Waals surface area contributed by atoms with Crippen LogP contribution in [0.15, 0.2) is 22.7 Å². The summed E-state index contributed by atoms with van der Waals surface area (Å²) in [5.74, 6) is -0.273. The molecule has 3 nitrogen and oxygen atoms in total. The van der Waals surface area contributed by atoms with E-state index in [1.54, 1.807) is 12.1 Å². The van der Waals surface area contributed by atoms with Crippen LogP contribution in [0.2, 0.25) is 0 Å². The summed E-state index contributed by atoms with van der Waals surface area (Å²) in [6.45, 7) is 2.09. The molecule has 1 aromatic heterocycles. The normalized spacial score (nSPS) is 12.7. The van der Waals surface area contributed by atoms with E-state index in [0.29, 0.717) is 4.47 Å². The molecule has 2 rings (SSSR count). The monoisotopic (exact) mass is 329 g/mol. The molecule has 0 spiro atoms. The first-order valence-electron chi connectivity index (χ1n) is 5.61. The summed E-state index contributed by atoms with van der Waals surface area (Å²) in [4.78, 5) is 0. The van der Waals surface area contributed by atoms with Crippen LogP contribution < -0.4 is 5.32 Å². The Morgan fingerprint density at radius 2 is 2.22 bits per heavy atom. The van der Waals surface area contributed by atoms with Gasteiger partial charge in [-0.2, -0.15) is 0 Å². The molecule has 0 aliphatic rings. The fourth-order valence-electron chi connectivity index (χ4n) is 1.62. The second-order valence-corrected chi connectivity index (χ2v) is 5.69. The maximum Gasteiger partial charge on any atom is 0.147 e. The van der Waals surface area contributed by atoms with E-state index < -0.39 is 0 Å². The van der Waals surface area contributed by atoms with E-state index in [4.69, 9.17) is 0 Å². The molecule has 0 amide bonds. The molecule has 0 saturated heterocycles. The second kappa shape index (κ2) is 5.86. The minimum absolute atomic E-state index is 0.222. The lowest BCUT2D eigenvalue weighted by molar-refractivity contribution is 0.568. The smallest absolute Gasteiger partial charge is 0.147 e. The number of benzene rings is 1. The van der Waals surface area contributed by atoms with Gasteiger partial charge in [-0.25, -0.2) is 4.39 Å². The highest BCUT2D eigenvalue weighted by atomic mass is 79.9. The van der Waals surface area contributed by atoms with Crippen LogP contribution in [0.3, 0.4) is 0 Å². The summed E-state index contributed by atoms with van der Waals surface area (Å²) in [6, 6.07) is 5.08. The highest BCUT2D eigenvalue weighted by Gasteiger charge is 2.14. The highest BCUT2D eigenvalue weighted by molar-refractivity contribution is 9.10. The summed E-state index contributed by atoms with van der Waals surface area (Å²) in [6.07, 6.45) is 0.957. The van der Waals surface area contributed by atoms with E-state index in [9.17, 15) is 4.39 Å². The van der Waals surface area contributed by atoms with Crippen molar-refractivity contribution in [1.29, 1.82) is 0 Å². The number of nitrogens with one attached hydrogen (secondary N) is 1. The molecular formula is C12H13BrFN3S. The van der Waals surface area contributed by atoms with Crippen LogP contribution in [0.1, 0.15) is 24.4 Å². The molecule has 1 aromatic carbocycles. The first-order valence-corrected chi connectivity index (χ1v) is 7.22. The lowest BCUT2D eigenvalue weighted by Gasteiger charge is -2.08. The lowest BCUT2D eigenvalue weighted by Crippen LogP contribution is -2.14. The zero-order chi connectivity index (χ0) is 13.1. The van der Waals surface area contributed by atoms with Crippen LogP contribution in [0.4, 0.5) is 4.39 Å². The fraction of sp³-hybridized carbons (Fsp3) is 0.333. The number of rotatable bonds is 4. The maximum absolute atomic E-state index is 13.2. The number of halogens is 2. The molecular weight excluding hydrogens is 317 g/mol. The summed E-state index contributed by atoms with van der Waals surface area (Å²) in [5.41, 5.74) is 0.873. The largest absolute Gasteiger partial charge is 0.311 e. The standard InChI is InChI=1S/C12H13BrFN3S/c1-3-10(15-2)12-17-16-11(18-12)7-4-5-9(14)8(13)6-7/h4-6,10,15H,3H2,1-2H3. The SMILES string of the molecule is CCC(NC)c1nnc(-c2ccc(F)c(Br)c2)s1. The molecule has 0 radical (unpaired) electrons. The van der Waals surface area contributed by atoms with Crippen molar-refractivity contribution in [1.82, 2.24) is 15.5 Å². The molecule has 1 N–H and O–H groups in total. The Hall–Kier alpha value is -0.850. The summed E-state index contributed by atoms with van der Waals surface area (Å²) in [5, 5.41) is 13.3. The van der Waals surface area contributed by atoms with Crippen molar-refractivity contribution in [2.24, 2.45) is 0 Å². The Morgan fingerprint density at radius 1 is 1.44 bits per heavy atom.